The third-order valence-corrected chi connectivity index (χ3v) is 7.61. The first-order valence-electron chi connectivity index (χ1n) is 11.8. The zero-order chi connectivity index (χ0) is 25.9. The van der Waals surface area contributed by atoms with Crippen molar-refractivity contribution in [1.82, 2.24) is 5.01 Å². The first-order valence-corrected chi connectivity index (χ1v) is 13.1. The van der Waals surface area contributed by atoms with Crippen LogP contribution >= 0.6 is 23.4 Å². The molecular formula is C28H25ClN4O3S. The molecule has 7 nitrogen and oxygen atoms in total. The van der Waals surface area contributed by atoms with Gasteiger partial charge in [-0.25, -0.2) is 5.01 Å². The van der Waals surface area contributed by atoms with E-state index in [1.807, 2.05) is 36.2 Å². The lowest BCUT2D eigenvalue weighted by Crippen LogP contribution is -2.25. The second-order valence-electron chi connectivity index (χ2n) is 8.85. The maximum Gasteiger partial charge on any atom is 0.262 e. The van der Waals surface area contributed by atoms with Crippen molar-refractivity contribution in [2.75, 3.05) is 12.4 Å². The Kier molecular flexibility index (Phi) is 7.30. The van der Waals surface area contributed by atoms with Crippen LogP contribution in [0.15, 0.2) is 82.9 Å². The van der Waals surface area contributed by atoms with Crippen LogP contribution < -0.4 is 10.1 Å². The molecule has 3 aromatic rings. The van der Waals surface area contributed by atoms with Gasteiger partial charge in [-0.05, 0) is 54.4 Å². The lowest BCUT2D eigenvalue weighted by atomic mass is 9.98. The minimum Gasteiger partial charge on any atom is -0.497 e. The fourth-order valence-corrected chi connectivity index (χ4v) is 5.40. The molecule has 0 bridgehead atoms. The van der Waals surface area contributed by atoms with E-state index >= 15 is 0 Å². The number of methoxy groups -OCH3 is 1. The summed E-state index contributed by atoms with van der Waals surface area (Å²) in [6, 6.07) is 22.8. The first kappa shape index (κ1) is 25.0. The van der Waals surface area contributed by atoms with Crippen LogP contribution in [-0.4, -0.2) is 40.1 Å². The summed E-state index contributed by atoms with van der Waals surface area (Å²) in [4.78, 5) is 29.7. The molecule has 2 amide bonds. The topological polar surface area (TPSA) is 83.4 Å². The van der Waals surface area contributed by atoms with Gasteiger partial charge in [0.1, 0.15) is 11.0 Å². The SMILES string of the molecule is COc1ccc([C@H]2CC(c3ccc(C)cc3)=NN2C2=NC(=O)[C@H](CC(=O)Nc3ccc(Cl)cc3)S2)cc1. The number of nitrogens with zero attached hydrogens (tertiary/aromatic N) is 3. The zero-order valence-electron chi connectivity index (χ0n) is 20.3. The number of nitrogens with one attached hydrogen (secondary N) is 1. The van der Waals surface area contributed by atoms with E-state index in [-0.39, 0.29) is 24.3 Å². The largest absolute Gasteiger partial charge is 0.497 e. The Hall–Kier alpha value is -3.62. The van der Waals surface area contributed by atoms with Crippen molar-refractivity contribution in [2.24, 2.45) is 10.1 Å². The third-order valence-electron chi connectivity index (χ3n) is 6.22. The molecule has 37 heavy (non-hydrogen) atoms. The number of hydrazone groups is 1. The number of benzene rings is 3. The summed E-state index contributed by atoms with van der Waals surface area (Å²) in [7, 11) is 1.63. The monoisotopic (exact) mass is 532 g/mol. The Morgan fingerprint density at radius 1 is 1.08 bits per heavy atom. The molecule has 1 N–H and O–H groups in total. The smallest absolute Gasteiger partial charge is 0.262 e. The molecule has 0 spiro atoms. The van der Waals surface area contributed by atoms with Gasteiger partial charge in [0, 0.05) is 23.6 Å². The summed E-state index contributed by atoms with van der Waals surface area (Å²) >= 11 is 7.19. The molecule has 0 unspecified atom stereocenters. The lowest BCUT2D eigenvalue weighted by molar-refractivity contribution is -0.121. The molecule has 0 radical (unpaired) electrons. The molecule has 0 saturated heterocycles. The Labute approximate surface area is 224 Å². The van der Waals surface area contributed by atoms with E-state index in [0.717, 1.165) is 22.6 Å². The number of aryl methyl sites for hydroxylation is 1. The van der Waals surface area contributed by atoms with Crippen LogP contribution in [0, 0.1) is 6.92 Å². The summed E-state index contributed by atoms with van der Waals surface area (Å²) in [5.41, 5.74) is 4.77. The molecule has 0 fully saturated rings. The van der Waals surface area contributed by atoms with E-state index in [1.54, 1.807) is 31.4 Å². The minimum absolute atomic E-state index is 0.00863. The predicted molar refractivity (Wildman–Crippen MR) is 148 cm³/mol. The highest BCUT2D eigenvalue weighted by Gasteiger charge is 2.39. The van der Waals surface area contributed by atoms with E-state index in [0.29, 0.717) is 22.3 Å². The fourth-order valence-electron chi connectivity index (χ4n) is 4.21. The van der Waals surface area contributed by atoms with Crippen molar-refractivity contribution in [3.63, 3.8) is 0 Å². The molecule has 2 heterocycles. The Balaban J connectivity index is 1.35. The Morgan fingerprint density at radius 2 is 1.78 bits per heavy atom. The molecule has 0 aliphatic carbocycles. The fraction of sp³-hybridized carbons (Fsp3) is 0.214. The maximum atomic E-state index is 12.8. The van der Waals surface area contributed by atoms with E-state index in [1.165, 1.54) is 17.3 Å². The first-order chi connectivity index (χ1) is 17.9. The van der Waals surface area contributed by atoms with Gasteiger partial charge in [0.05, 0.1) is 18.9 Å². The quantitative estimate of drug-likeness (QED) is 0.431. The summed E-state index contributed by atoms with van der Waals surface area (Å²) in [5.74, 6) is 0.169. The van der Waals surface area contributed by atoms with E-state index < -0.39 is 5.25 Å². The molecule has 188 valence electrons. The molecule has 9 heteroatoms. The minimum atomic E-state index is -0.613. The molecule has 2 aliphatic heterocycles. The third kappa shape index (κ3) is 5.70. The van der Waals surface area contributed by atoms with Gasteiger partial charge >= 0.3 is 0 Å². The van der Waals surface area contributed by atoms with Crippen LogP contribution in [0.25, 0.3) is 0 Å². The van der Waals surface area contributed by atoms with Crippen molar-refractivity contribution in [3.05, 3.63) is 94.5 Å². The molecule has 5 rings (SSSR count). The number of carbonyl (C=O) groups is 2. The molecule has 0 saturated carbocycles. The van der Waals surface area contributed by atoms with Crippen LogP contribution in [0.5, 0.6) is 5.75 Å². The van der Waals surface area contributed by atoms with Gasteiger partial charge in [-0.1, -0.05) is 65.3 Å². The van der Waals surface area contributed by atoms with Crippen LogP contribution in [0.2, 0.25) is 5.02 Å². The summed E-state index contributed by atoms with van der Waals surface area (Å²) in [6.45, 7) is 2.05. The van der Waals surface area contributed by atoms with Crippen LogP contribution in [0.4, 0.5) is 5.69 Å². The van der Waals surface area contributed by atoms with Gasteiger partial charge in [0.2, 0.25) is 5.91 Å². The average molecular weight is 533 g/mol. The number of rotatable bonds is 6. The number of amides is 2. The van der Waals surface area contributed by atoms with Crippen molar-refractivity contribution < 1.29 is 14.3 Å². The highest BCUT2D eigenvalue weighted by molar-refractivity contribution is 8.15. The lowest BCUT2D eigenvalue weighted by Gasteiger charge is -2.23. The predicted octanol–water partition coefficient (Wildman–Crippen LogP) is 5.83. The molecular weight excluding hydrogens is 508 g/mol. The number of halogens is 1. The molecule has 0 aromatic heterocycles. The van der Waals surface area contributed by atoms with E-state index in [9.17, 15) is 9.59 Å². The van der Waals surface area contributed by atoms with E-state index in [2.05, 4.69) is 34.6 Å². The molecule has 2 aliphatic rings. The normalized spacial score (nSPS) is 19.0. The number of hydrogen-bond acceptors (Lipinski definition) is 6. The summed E-state index contributed by atoms with van der Waals surface area (Å²) in [5, 5.41) is 9.99. The van der Waals surface area contributed by atoms with E-state index in [4.69, 9.17) is 21.4 Å². The van der Waals surface area contributed by atoms with Crippen LogP contribution in [-0.2, 0) is 9.59 Å². The second kappa shape index (κ2) is 10.8. The van der Waals surface area contributed by atoms with Crippen molar-refractivity contribution in [3.8, 4) is 5.75 Å². The standard InChI is InChI=1S/C28H25ClN4O3S/c1-17-3-5-18(6-4-17)23-15-24(19-7-13-22(36-2)14-8-19)33(32-23)28-31-27(35)25(37-28)16-26(34)30-21-11-9-20(29)10-12-21/h3-14,24-25H,15-16H2,1-2H3,(H,30,34)/t24-,25+/m1/s1. The highest BCUT2D eigenvalue weighted by Crippen LogP contribution is 2.39. The molecule has 2 atom stereocenters. The number of ether oxygens (including phenoxy) is 1. The summed E-state index contributed by atoms with van der Waals surface area (Å²) in [6.07, 6.45) is 0.666. The van der Waals surface area contributed by atoms with Gasteiger partial charge in [-0.2, -0.15) is 10.1 Å². The van der Waals surface area contributed by atoms with Crippen molar-refractivity contribution in [2.45, 2.75) is 31.1 Å². The number of carbonyl (C=O) groups excluding carboxylic acids is 2. The number of hydrogen-bond donors (Lipinski definition) is 1. The highest BCUT2D eigenvalue weighted by atomic mass is 35.5. The van der Waals surface area contributed by atoms with Crippen LogP contribution in [0.3, 0.4) is 0 Å². The number of anilines is 1. The average Bonchev–Trinajstić information content (AvgIpc) is 3.50. The number of aliphatic imine (C=N–C) groups is 1. The van der Waals surface area contributed by atoms with Gasteiger partial charge < -0.3 is 10.1 Å². The summed E-state index contributed by atoms with van der Waals surface area (Å²) < 4.78 is 5.31. The van der Waals surface area contributed by atoms with Crippen LogP contribution in [0.1, 0.15) is 35.6 Å². The Bertz CT molecular complexity index is 1370. The molecule has 3 aromatic carbocycles. The van der Waals surface area contributed by atoms with Gasteiger partial charge in [-0.15, -0.1) is 0 Å². The zero-order valence-corrected chi connectivity index (χ0v) is 21.9. The number of thioether (sulfide) groups is 1. The van der Waals surface area contributed by atoms with Crippen molar-refractivity contribution >= 4 is 51.7 Å². The van der Waals surface area contributed by atoms with Gasteiger partial charge in [0.25, 0.3) is 5.91 Å². The number of amidine groups is 1. The Morgan fingerprint density at radius 3 is 2.46 bits per heavy atom. The van der Waals surface area contributed by atoms with Gasteiger partial charge in [0.15, 0.2) is 5.17 Å². The second-order valence-corrected chi connectivity index (χ2v) is 10.5. The maximum absolute atomic E-state index is 12.8. The van der Waals surface area contributed by atoms with Crippen molar-refractivity contribution in [1.29, 1.82) is 0 Å². The van der Waals surface area contributed by atoms with Gasteiger partial charge in [-0.3, -0.25) is 9.59 Å².